The number of rotatable bonds is 4. The van der Waals surface area contributed by atoms with Crippen LogP contribution in [0, 0.1) is 0 Å². The summed E-state index contributed by atoms with van der Waals surface area (Å²) in [5.41, 5.74) is 4.28. The number of nitrogens with zero attached hydrogens (tertiary/aromatic N) is 1. The Hall–Kier alpha value is -1.94. The zero-order valence-electron chi connectivity index (χ0n) is 11.1. The monoisotopic (exact) mass is 330 g/mol. The van der Waals surface area contributed by atoms with Crippen LogP contribution >= 0.6 is 15.9 Å². The maximum atomic E-state index is 11.8. The lowest BCUT2D eigenvalue weighted by Crippen LogP contribution is -2.17. The van der Waals surface area contributed by atoms with Crippen molar-refractivity contribution in [3.05, 3.63) is 70.2 Å². The van der Waals surface area contributed by atoms with Crippen LogP contribution in [-0.4, -0.2) is 12.1 Å². The van der Waals surface area contributed by atoms with Crippen LogP contribution in [0.15, 0.2) is 64.2 Å². The van der Waals surface area contributed by atoms with Gasteiger partial charge in [0.15, 0.2) is 0 Å². The molecule has 1 unspecified atom stereocenters. The van der Waals surface area contributed by atoms with E-state index < -0.39 is 0 Å². The topological polar surface area (TPSA) is 41.5 Å². The fourth-order valence-electron chi connectivity index (χ4n) is 1.72. The molecular weight excluding hydrogens is 316 g/mol. The van der Waals surface area contributed by atoms with Gasteiger partial charge in [0, 0.05) is 22.2 Å². The molecule has 0 fully saturated rings. The van der Waals surface area contributed by atoms with Gasteiger partial charge in [0.1, 0.15) is 0 Å². The first-order valence-corrected chi connectivity index (χ1v) is 7.10. The van der Waals surface area contributed by atoms with Gasteiger partial charge < -0.3 is 0 Å². The number of amides is 1. The Balaban J connectivity index is 1.93. The van der Waals surface area contributed by atoms with Gasteiger partial charge >= 0.3 is 0 Å². The van der Waals surface area contributed by atoms with Crippen molar-refractivity contribution >= 4 is 28.1 Å². The van der Waals surface area contributed by atoms with Crippen molar-refractivity contribution in [2.24, 2.45) is 5.10 Å². The first kappa shape index (κ1) is 14.5. The van der Waals surface area contributed by atoms with Crippen LogP contribution in [0.25, 0.3) is 0 Å². The maximum Gasteiger partial charge on any atom is 0.271 e. The highest BCUT2D eigenvalue weighted by Gasteiger charge is 2.04. The van der Waals surface area contributed by atoms with Crippen molar-refractivity contribution in [1.29, 1.82) is 0 Å². The minimum absolute atomic E-state index is 0.154. The number of hydrazone groups is 1. The van der Waals surface area contributed by atoms with E-state index in [4.69, 9.17) is 0 Å². The molecule has 0 saturated heterocycles. The molecule has 0 bridgehead atoms. The molecule has 20 heavy (non-hydrogen) atoms. The molecule has 0 aliphatic heterocycles. The Morgan fingerprint density at radius 3 is 2.45 bits per heavy atom. The molecule has 102 valence electrons. The highest BCUT2D eigenvalue weighted by molar-refractivity contribution is 9.10. The van der Waals surface area contributed by atoms with E-state index >= 15 is 0 Å². The summed E-state index contributed by atoms with van der Waals surface area (Å²) in [5, 5.41) is 4.01. The number of carbonyl (C=O) groups is 1. The standard InChI is InChI=1S/C16H15BrN2O/c1-12(13-5-3-2-4-6-13)11-18-19-16(20)14-7-9-15(17)10-8-14/h2-12H,1H3,(H,19,20)/b18-11-. The summed E-state index contributed by atoms with van der Waals surface area (Å²) in [6.45, 7) is 2.03. The van der Waals surface area contributed by atoms with Crippen LogP contribution < -0.4 is 5.43 Å². The molecule has 2 aromatic rings. The minimum Gasteiger partial charge on any atom is -0.267 e. The summed E-state index contributed by atoms with van der Waals surface area (Å²) >= 11 is 3.33. The molecule has 0 spiro atoms. The first-order chi connectivity index (χ1) is 9.66. The number of hydrogen-bond donors (Lipinski definition) is 1. The fraction of sp³-hybridized carbons (Fsp3) is 0.125. The van der Waals surface area contributed by atoms with E-state index in [1.54, 1.807) is 18.3 Å². The van der Waals surface area contributed by atoms with E-state index in [1.165, 1.54) is 0 Å². The number of nitrogens with one attached hydrogen (secondary N) is 1. The average Bonchev–Trinajstić information content (AvgIpc) is 2.48. The van der Waals surface area contributed by atoms with Gasteiger partial charge in [-0.05, 0) is 29.8 Å². The summed E-state index contributed by atoms with van der Waals surface area (Å²) in [7, 11) is 0. The van der Waals surface area contributed by atoms with Crippen molar-refractivity contribution in [2.75, 3.05) is 0 Å². The van der Waals surface area contributed by atoms with Crippen molar-refractivity contribution in [3.63, 3.8) is 0 Å². The highest BCUT2D eigenvalue weighted by atomic mass is 79.9. The fourth-order valence-corrected chi connectivity index (χ4v) is 1.98. The summed E-state index contributed by atoms with van der Waals surface area (Å²) < 4.78 is 0.940. The predicted octanol–water partition coefficient (Wildman–Crippen LogP) is 3.97. The van der Waals surface area contributed by atoms with E-state index in [9.17, 15) is 4.79 Å². The predicted molar refractivity (Wildman–Crippen MR) is 85.0 cm³/mol. The second-order valence-corrected chi connectivity index (χ2v) is 5.34. The quantitative estimate of drug-likeness (QED) is 0.668. The van der Waals surface area contributed by atoms with Crippen molar-refractivity contribution in [3.8, 4) is 0 Å². The van der Waals surface area contributed by atoms with Crippen LogP contribution in [0.4, 0.5) is 0 Å². The van der Waals surface area contributed by atoms with Gasteiger partial charge in [0.2, 0.25) is 0 Å². The van der Waals surface area contributed by atoms with E-state index in [0.29, 0.717) is 5.56 Å². The normalized spacial score (nSPS) is 12.3. The lowest BCUT2D eigenvalue weighted by molar-refractivity contribution is 0.0955. The SMILES string of the molecule is CC(/C=N\NC(=O)c1ccc(Br)cc1)c1ccccc1. The molecular formula is C16H15BrN2O. The summed E-state index contributed by atoms with van der Waals surface area (Å²) in [5.74, 6) is -0.0598. The summed E-state index contributed by atoms with van der Waals surface area (Å²) in [6.07, 6.45) is 1.73. The smallest absolute Gasteiger partial charge is 0.267 e. The van der Waals surface area contributed by atoms with Gasteiger partial charge in [-0.1, -0.05) is 53.2 Å². The van der Waals surface area contributed by atoms with Gasteiger partial charge in [0.05, 0.1) is 0 Å². The molecule has 1 amide bonds. The summed E-state index contributed by atoms with van der Waals surface area (Å²) in [4.78, 5) is 11.8. The first-order valence-electron chi connectivity index (χ1n) is 6.31. The lowest BCUT2D eigenvalue weighted by atomic mass is 10.0. The molecule has 0 aromatic heterocycles. The Bertz CT molecular complexity index is 594. The van der Waals surface area contributed by atoms with Crippen LogP contribution in [0.1, 0.15) is 28.8 Å². The van der Waals surface area contributed by atoms with Crippen LogP contribution in [0.2, 0.25) is 0 Å². The number of hydrogen-bond acceptors (Lipinski definition) is 2. The van der Waals surface area contributed by atoms with Crippen molar-refractivity contribution in [1.82, 2.24) is 5.43 Å². The van der Waals surface area contributed by atoms with Gasteiger partial charge in [-0.3, -0.25) is 4.79 Å². The molecule has 0 heterocycles. The third-order valence-electron chi connectivity index (χ3n) is 2.90. The molecule has 0 radical (unpaired) electrons. The molecule has 4 heteroatoms. The second-order valence-electron chi connectivity index (χ2n) is 4.43. The molecule has 1 atom stereocenters. The molecule has 0 aliphatic carbocycles. The van der Waals surface area contributed by atoms with Crippen LogP contribution in [0.3, 0.4) is 0 Å². The Morgan fingerprint density at radius 1 is 1.15 bits per heavy atom. The zero-order chi connectivity index (χ0) is 14.4. The maximum absolute atomic E-state index is 11.8. The van der Waals surface area contributed by atoms with E-state index in [1.807, 2.05) is 49.4 Å². The number of benzene rings is 2. The van der Waals surface area contributed by atoms with Gasteiger partial charge in [0.25, 0.3) is 5.91 Å². The lowest BCUT2D eigenvalue weighted by Gasteiger charge is -2.05. The molecule has 1 N–H and O–H groups in total. The van der Waals surface area contributed by atoms with Gasteiger partial charge in [-0.15, -0.1) is 0 Å². The third kappa shape index (κ3) is 4.03. The second kappa shape index (κ2) is 7.01. The highest BCUT2D eigenvalue weighted by Crippen LogP contribution is 2.12. The van der Waals surface area contributed by atoms with Gasteiger partial charge in [-0.2, -0.15) is 5.10 Å². The number of carbonyl (C=O) groups excluding carboxylic acids is 1. The third-order valence-corrected chi connectivity index (χ3v) is 3.42. The van der Waals surface area contributed by atoms with Crippen LogP contribution in [-0.2, 0) is 0 Å². The minimum atomic E-state index is -0.214. The largest absolute Gasteiger partial charge is 0.271 e. The van der Waals surface area contributed by atoms with Crippen molar-refractivity contribution in [2.45, 2.75) is 12.8 Å². The molecule has 2 rings (SSSR count). The molecule has 0 saturated carbocycles. The number of halogens is 1. The summed E-state index contributed by atoms with van der Waals surface area (Å²) in [6, 6.07) is 17.2. The molecule has 3 nitrogen and oxygen atoms in total. The van der Waals surface area contributed by atoms with Crippen molar-refractivity contribution < 1.29 is 4.79 Å². The molecule has 0 aliphatic rings. The zero-order valence-corrected chi connectivity index (χ0v) is 12.7. The van der Waals surface area contributed by atoms with E-state index in [0.717, 1.165) is 10.0 Å². The van der Waals surface area contributed by atoms with Crippen LogP contribution in [0.5, 0.6) is 0 Å². The molecule has 2 aromatic carbocycles. The Kier molecular flexibility index (Phi) is 5.07. The van der Waals surface area contributed by atoms with Gasteiger partial charge in [-0.25, -0.2) is 5.43 Å². The Morgan fingerprint density at radius 2 is 1.80 bits per heavy atom. The average molecular weight is 331 g/mol. The van der Waals surface area contributed by atoms with E-state index in [-0.39, 0.29) is 11.8 Å². The van der Waals surface area contributed by atoms with E-state index in [2.05, 4.69) is 26.5 Å². The Labute approximate surface area is 126 Å².